The molecule has 3 unspecified atom stereocenters. The van der Waals surface area contributed by atoms with Crippen LogP contribution in [0.15, 0.2) is 72.9 Å². The molecule has 0 aliphatic heterocycles. The largest absolute Gasteiger partial charge is 0.481 e. The van der Waals surface area contributed by atoms with Crippen molar-refractivity contribution >= 4 is 11.9 Å². The Kier molecular flexibility index (Phi) is 18.5. The van der Waals surface area contributed by atoms with Crippen molar-refractivity contribution in [2.75, 3.05) is 6.61 Å². The molecule has 0 saturated carbocycles. The number of aliphatic carboxylic acids is 2. The predicted octanol–water partition coefficient (Wildman–Crippen LogP) is 3.93. The molecule has 5 N–H and O–H groups in total. The molecule has 7 heteroatoms. The average Bonchev–Trinajstić information content (AvgIpc) is 2.75. The number of allylic oxidation sites excluding steroid dienone is 10. The number of nitrogens with two attached hydrogens (primary N) is 1. The first-order chi connectivity index (χ1) is 15.4. The first-order valence-electron chi connectivity index (χ1n) is 10.8. The average molecular weight is 448 g/mol. The van der Waals surface area contributed by atoms with Gasteiger partial charge >= 0.3 is 11.9 Å². The number of rotatable bonds is 18. The van der Waals surface area contributed by atoms with Crippen LogP contribution < -0.4 is 5.73 Å². The van der Waals surface area contributed by atoms with Crippen LogP contribution in [0.3, 0.4) is 0 Å². The fourth-order valence-electron chi connectivity index (χ4n) is 2.35. The zero-order chi connectivity index (χ0) is 24.0. The molecule has 0 fully saturated rings. The van der Waals surface area contributed by atoms with Gasteiger partial charge in [-0.3, -0.25) is 9.59 Å². The predicted molar refractivity (Wildman–Crippen MR) is 127 cm³/mol. The van der Waals surface area contributed by atoms with E-state index in [4.69, 9.17) is 20.7 Å². The molecule has 0 aromatic carbocycles. The van der Waals surface area contributed by atoms with Crippen LogP contribution >= 0.6 is 0 Å². The van der Waals surface area contributed by atoms with Gasteiger partial charge in [0.15, 0.2) is 0 Å². The molecule has 178 valence electrons. The molecule has 0 amide bonds. The summed E-state index contributed by atoms with van der Waals surface area (Å²) in [4.78, 5) is 21.2. The van der Waals surface area contributed by atoms with Crippen LogP contribution in [0.1, 0.15) is 45.4 Å². The second-order valence-corrected chi connectivity index (χ2v) is 6.97. The molecular weight excluding hydrogens is 410 g/mol. The summed E-state index contributed by atoms with van der Waals surface area (Å²) in [5.41, 5.74) is 5.47. The van der Waals surface area contributed by atoms with Crippen LogP contribution in [0.4, 0.5) is 0 Å². The molecule has 3 atom stereocenters. The molecule has 0 aromatic heterocycles. The van der Waals surface area contributed by atoms with E-state index in [0.29, 0.717) is 12.8 Å². The van der Waals surface area contributed by atoms with E-state index in [0.717, 1.165) is 19.3 Å². The van der Waals surface area contributed by atoms with Crippen LogP contribution in [0.25, 0.3) is 0 Å². The van der Waals surface area contributed by atoms with Crippen molar-refractivity contribution in [1.29, 1.82) is 0 Å². The van der Waals surface area contributed by atoms with Gasteiger partial charge < -0.3 is 25.8 Å². The maximum Gasteiger partial charge on any atom is 0.322 e. The summed E-state index contributed by atoms with van der Waals surface area (Å²) in [6.45, 7) is 1.81. The van der Waals surface area contributed by atoms with E-state index in [-0.39, 0.29) is 13.0 Å². The Balaban J connectivity index is 4.44. The molecule has 0 radical (unpaired) electrons. The maximum atomic E-state index is 10.9. The molecule has 0 heterocycles. The Hall–Kier alpha value is -2.74. The van der Waals surface area contributed by atoms with Gasteiger partial charge in [0.2, 0.25) is 0 Å². The van der Waals surface area contributed by atoms with Gasteiger partial charge in [-0.15, -0.1) is 0 Å². The van der Waals surface area contributed by atoms with Gasteiger partial charge in [-0.2, -0.15) is 0 Å². The standard InChI is InChI=1S/C25H37NO6/c1-2-3-14-17-22(27)23(32-20-21(26)25(30)31)18-15-12-10-8-6-4-5-7-9-11-13-16-19-24(28)29/h3,5-8,10-15,18,21-23,27H,2,4,9,16-17,19-20,26H2,1H3,(H,28,29)(H,30,31)/b7-5-,8-6-,12-10+,13-11-,14-3-,18-15+. The minimum Gasteiger partial charge on any atom is -0.481 e. The fraction of sp³-hybridized carbons (Fsp3) is 0.440. The van der Waals surface area contributed by atoms with Gasteiger partial charge in [-0.25, -0.2) is 0 Å². The lowest BCUT2D eigenvalue weighted by atomic mass is 10.1. The Labute approximate surface area is 191 Å². The van der Waals surface area contributed by atoms with E-state index in [1.165, 1.54) is 0 Å². The third-order valence-electron chi connectivity index (χ3n) is 4.12. The Morgan fingerprint density at radius 3 is 2.22 bits per heavy atom. The van der Waals surface area contributed by atoms with Gasteiger partial charge in [0.1, 0.15) is 12.1 Å². The molecule has 0 rings (SSSR count). The van der Waals surface area contributed by atoms with Crippen LogP contribution in [0.5, 0.6) is 0 Å². The number of carboxylic acid groups (broad SMARTS) is 2. The van der Waals surface area contributed by atoms with Crippen molar-refractivity contribution in [2.24, 2.45) is 5.73 Å². The Bertz CT molecular complexity index is 691. The Morgan fingerprint density at radius 1 is 0.906 bits per heavy atom. The highest BCUT2D eigenvalue weighted by atomic mass is 16.5. The lowest BCUT2D eigenvalue weighted by Crippen LogP contribution is -2.38. The number of hydrogen-bond acceptors (Lipinski definition) is 5. The monoisotopic (exact) mass is 447 g/mol. The van der Waals surface area contributed by atoms with Gasteiger partial charge in [-0.1, -0.05) is 79.8 Å². The van der Waals surface area contributed by atoms with Crippen LogP contribution in [0.2, 0.25) is 0 Å². The normalized spacial score (nSPS) is 15.7. The number of carbonyl (C=O) groups is 2. The Morgan fingerprint density at radius 2 is 1.56 bits per heavy atom. The lowest BCUT2D eigenvalue weighted by Gasteiger charge is -2.20. The van der Waals surface area contributed by atoms with Crippen molar-refractivity contribution in [2.45, 2.75) is 63.7 Å². The summed E-state index contributed by atoms with van der Waals surface area (Å²) in [5, 5.41) is 27.7. The molecular formula is C25H37NO6. The number of ether oxygens (including phenoxy) is 1. The van der Waals surface area contributed by atoms with Crippen LogP contribution in [-0.4, -0.2) is 52.1 Å². The summed E-state index contributed by atoms with van der Waals surface area (Å²) in [5.74, 6) is -1.94. The van der Waals surface area contributed by atoms with Crippen molar-refractivity contribution in [1.82, 2.24) is 0 Å². The summed E-state index contributed by atoms with van der Waals surface area (Å²) < 4.78 is 5.50. The highest BCUT2D eigenvalue weighted by Gasteiger charge is 2.19. The lowest BCUT2D eigenvalue weighted by molar-refractivity contribution is -0.141. The van der Waals surface area contributed by atoms with E-state index in [2.05, 4.69) is 0 Å². The molecule has 32 heavy (non-hydrogen) atoms. The molecule has 7 nitrogen and oxygen atoms in total. The fourth-order valence-corrected chi connectivity index (χ4v) is 2.35. The van der Waals surface area contributed by atoms with Crippen molar-refractivity contribution in [3.63, 3.8) is 0 Å². The number of carboxylic acids is 2. The third kappa shape index (κ3) is 18.1. The SMILES string of the molecule is CC/C=C\CC(O)C(/C=C/C=C/C=C\C/C=C\C/C=C\CCC(=O)O)OCC(N)C(=O)O. The van der Waals surface area contributed by atoms with Crippen molar-refractivity contribution in [3.8, 4) is 0 Å². The summed E-state index contributed by atoms with van der Waals surface area (Å²) in [6.07, 6.45) is 24.7. The first-order valence-corrected chi connectivity index (χ1v) is 10.8. The number of aliphatic hydroxyl groups is 1. The number of hydrogen-bond donors (Lipinski definition) is 4. The highest BCUT2D eigenvalue weighted by molar-refractivity contribution is 5.73. The van der Waals surface area contributed by atoms with Gasteiger partial charge in [0.05, 0.1) is 12.7 Å². The van der Waals surface area contributed by atoms with Crippen molar-refractivity contribution < 1.29 is 29.6 Å². The molecule has 0 aromatic rings. The van der Waals surface area contributed by atoms with E-state index >= 15 is 0 Å². The second kappa shape index (κ2) is 20.2. The van der Waals surface area contributed by atoms with E-state index in [9.17, 15) is 14.7 Å². The molecule has 0 saturated heterocycles. The molecule has 0 aliphatic rings. The smallest absolute Gasteiger partial charge is 0.322 e. The highest BCUT2D eigenvalue weighted by Crippen LogP contribution is 2.08. The summed E-state index contributed by atoms with van der Waals surface area (Å²) in [7, 11) is 0. The zero-order valence-electron chi connectivity index (χ0n) is 18.8. The summed E-state index contributed by atoms with van der Waals surface area (Å²) in [6, 6.07) is -1.14. The summed E-state index contributed by atoms with van der Waals surface area (Å²) >= 11 is 0. The van der Waals surface area contributed by atoms with E-state index in [1.54, 1.807) is 18.2 Å². The molecule has 0 spiro atoms. The minimum atomic E-state index is -1.15. The van der Waals surface area contributed by atoms with E-state index in [1.807, 2.05) is 61.6 Å². The molecule has 0 bridgehead atoms. The number of aliphatic hydroxyl groups excluding tert-OH is 1. The van der Waals surface area contributed by atoms with Crippen LogP contribution in [0, 0.1) is 0 Å². The molecule has 0 aliphatic carbocycles. The zero-order valence-corrected chi connectivity index (χ0v) is 18.8. The quantitative estimate of drug-likeness (QED) is 0.185. The maximum absolute atomic E-state index is 10.9. The van der Waals surface area contributed by atoms with Gasteiger partial charge in [0, 0.05) is 6.42 Å². The van der Waals surface area contributed by atoms with Crippen molar-refractivity contribution in [3.05, 3.63) is 72.9 Å². The van der Waals surface area contributed by atoms with Gasteiger partial charge in [-0.05, 0) is 32.1 Å². The van der Waals surface area contributed by atoms with Gasteiger partial charge in [0.25, 0.3) is 0 Å². The topological polar surface area (TPSA) is 130 Å². The minimum absolute atomic E-state index is 0.154. The van der Waals surface area contributed by atoms with E-state index < -0.39 is 30.2 Å². The second-order valence-electron chi connectivity index (χ2n) is 6.97. The van der Waals surface area contributed by atoms with Crippen LogP contribution in [-0.2, 0) is 14.3 Å². The third-order valence-corrected chi connectivity index (χ3v) is 4.12. The first kappa shape index (κ1) is 29.3.